The second kappa shape index (κ2) is 5.32. The Morgan fingerprint density at radius 1 is 1.33 bits per heavy atom. The molecule has 1 rings (SSSR count). The summed E-state index contributed by atoms with van der Waals surface area (Å²) < 4.78 is 25.6. The molecule has 0 aromatic heterocycles. The summed E-state index contributed by atoms with van der Waals surface area (Å²) in [7, 11) is -3.89. The molecule has 0 bridgehead atoms. The van der Waals surface area contributed by atoms with Gasteiger partial charge in [-0.05, 0) is 12.1 Å². The van der Waals surface area contributed by atoms with Crippen LogP contribution in [0.3, 0.4) is 0 Å². The number of sulfonamides is 1. The molecule has 1 aromatic carbocycles. The van der Waals surface area contributed by atoms with Crippen molar-refractivity contribution in [1.29, 1.82) is 0 Å². The third-order valence-electron chi connectivity index (χ3n) is 2.50. The molecule has 0 aliphatic rings. The molecule has 8 heteroatoms. The van der Waals surface area contributed by atoms with E-state index in [0.717, 1.165) is 16.4 Å². The molecule has 0 atom stereocenters. The molecule has 0 saturated carbocycles. The van der Waals surface area contributed by atoms with Crippen LogP contribution < -0.4 is 5.73 Å². The van der Waals surface area contributed by atoms with Crippen LogP contribution in [0, 0.1) is 10.1 Å². The summed E-state index contributed by atoms with van der Waals surface area (Å²) in [6, 6.07) is 3.52. The molecule has 0 aliphatic heterocycles. The smallest absolute Gasteiger partial charge is 0.289 e. The first-order valence-corrected chi connectivity index (χ1v) is 6.82. The van der Waals surface area contributed by atoms with Gasteiger partial charge < -0.3 is 5.73 Å². The van der Waals surface area contributed by atoms with Crippen LogP contribution in [-0.2, 0) is 10.0 Å². The van der Waals surface area contributed by atoms with Crippen LogP contribution in [0.25, 0.3) is 0 Å². The lowest BCUT2D eigenvalue weighted by molar-refractivity contribution is -0.387. The summed E-state index contributed by atoms with van der Waals surface area (Å²) >= 11 is 0. The van der Waals surface area contributed by atoms with Crippen molar-refractivity contribution in [3.05, 3.63) is 28.3 Å². The first kappa shape index (κ1) is 14.4. The van der Waals surface area contributed by atoms with E-state index in [1.54, 1.807) is 13.8 Å². The first-order chi connectivity index (χ1) is 8.34. The standard InChI is InChI=1S/C10H15N3O4S/c1-3-12(4-2)18(16,17)10-7-8(11)5-6-9(10)13(14)15/h5-7H,3-4,11H2,1-2H3. The van der Waals surface area contributed by atoms with Crippen LogP contribution in [0.2, 0.25) is 0 Å². The Balaban J connectivity index is 3.48. The number of benzene rings is 1. The van der Waals surface area contributed by atoms with Crippen LogP contribution in [0.5, 0.6) is 0 Å². The average molecular weight is 273 g/mol. The second-order valence-electron chi connectivity index (χ2n) is 3.57. The maximum absolute atomic E-state index is 12.2. The Labute approximate surface area is 105 Å². The summed E-state index contributed by atoms with van der Waals surface area (Å²) in [5.41, 5.74) is 5.21. The highest BCUT2D eigenvalue weighted by atomic mass is 32.2. The zero-order valence-electron chi connectivity index (χ0n) is 10.2. The molecule has 0 fully saturated rings. The van der Waals surface area contributed by atoms with Crippen LogP contribution in [0.15, 0.2) is 23.1 Å². The minimum Gasteiger partial charge on any atom is -0.399 e. The monoisotopic (exact) mass is 273 g/mol. The molecule has 0 saturated heterocycles. The largest absolute Gasteiger partial charge is 0.399 e. The molecule has 100 valence electrons. The summed E-state index contributed by atoms with van der Waals surface area (Å²) in [5.74, 6) is 0. The van der Waals surface area contributed by atoms with Crippen molar-refractivity contribution in [3.8, 4) is 0 Å². The van der Waals surface area contributed by atoms with Gasteiger partial charge in [-0.2, -0.15) is 4.31 Å². The van der Waals surface area contributed by atoms with Crippen molar-refractivity contribution >= 4 is 21.4 Å². The molecular formula is C10H15N3O4S. The zero-order valence-corrected chi connectivity index (χ0v) is 11.0. The van der Waals surface area contributed by atoms with Crippen molar-refractivity contribution in [2.24, 2.45) is 0 Å². The topological polar surface area (TPSA) is 107 Å². The van der Waals surface area contributed by atoms with Crippen molar-refractivity contribution in [2.45, 2.75) is 18.7 Å². The fourth-order valence-electron chi connectivity index (χ4n) is 1.59. The van der Waals surface area contributed by atoms with E-state index in [1.165, 1.54) is 6.07 Å². The van der Waals surface area contributed by atoms with Crippen molar-refractivity contribution < 1.29 is 13.3 Å². The van der Waals surface area contributed by atoms with E-state index < -0.39 is 20.6 Å². The third kappa shape index (κ3) is 2.59. The normalized spacial score (nSPS) is 11.7. The fraction of sp³-hybridized carbons (Fsp3) is 0.400. The maximum Gasteiger partial charge on any atom is 0.289 e. The van der Waals surface area contributed by atoms with Crippen LogP contribution in [0.1, 0.15) is 13.8 Å². The van der Waals surface area contributed by atoms with Crippen molar-refractivity contribution in [2.75, 3.05) is 18.8 Å². The average Bonchev–Trinajstić information content (AvgIpc) is 2.29. The van der Waals surface area contributed by atoms with Crippen molar-refractivity contribution in [1.82, 2.24) is 4.31 Å². The van der Waals surface area contributed by atoms with Gasteiger partial charge in [-0.3, -0.25) is 10.1 Å². The lowest BCUT2D eigenvalue weighted by Gasteiger charge is -2.18. The molecule has 0 heterocycles. The molecule has 18 heavy (non-hydrogen) atoms. The van der Waals surface area contributed by atoms with Gasteiger partial charge in [0.25, 0.3) is 5.69 Å². The van der Waals surface area contributed by atoms with Gasteiger partial charge in [0, 0.05) is 24.8 Å². The van der Waals surface area contributed by atoms with Gasteiger partial charge in [0.1, 0.15) is 0 Å². The number of rotatable bonds is 5. The van der Waals surface area contributed by atoms with E-state index in [2.05, 4.69) is 0 Å². The Hall–Kier alpha value is -1.67. The molecule has 1 aromatic rings. The molecule has 0 radical (unpaired) electrons. The van der Waals surface area contributed by atoms with E-state index >= 15 is 0 Å². The molecule has 2 N–H and O–H groups in total. The van der Waals surface area contributed by atoms with Crippen LogP contribution in [-0.4, -0.2) is 30.7 Å². The molecule has 0 spiro atoms. The fourth-order valence-corrected chi connectivity index (χ4v) is 3.24. The van der Waals surface area contributed by atoms with Crippen LogP contribution >= 0.6 is 0 Å². The van der Waals surface area contributed by atoms with Gasteiger partial charge in [0.15, 0.2) is 4.90 Å². The first-order valence-electron chi connectivity index (χ1n) is 5.38. The molecule has 0 aliphatic carbocycles. The summed E-state index contributed by atoms with van der Waals surface area (Å²) in [5, 5.41) is 10.9. The Morgan fingerprint density at radius 2 is 1.89 bits per heavy atom. The number of anilines is 1. The van der Waals surface area contributed by atoms with E-state index in [4.69, 9.17) is 5.73 Å². The number of hydrogen-bond donors (Lipinski definition) is 1. The van der Waals surface area contributed by atoms with Gasteiger partial charge in [-0.25, -0.2) is 8.42 Å². The maximum atomic E-state index is 12.2. The van der Waals surface area contributed by atoms with Gasteiger partial charge >= 0.3 is 0 Å². The number of nitrogens with zero attached hydrogens (tertiary/aromatic N) is 2. The number of nitro benzene ring substituents is 1. The number of hydrogen-bond acceptors (Lipinski definition) is 5. The summed E-state index contributed by atoms with van der Waals surface area (Å²) in [6.07, 6.45) is 0. The molecular weight excluding hydrogens is 258 g/mol. The highest BCUT2D eigenvalue weighted by molar-refractivity contribution is 7.89. The second-order valence-corrected chi connectivity index (χ2v) is 5.48. The minimum atomic E-state index is -3.89. The van der Waals surface area contributed by atoms with Crippen LogP contribution in [0.4, 0.5) is 11.4 Å². The predicted molar refractivity (Wildman–Crippen MR) is 67.6 cm³/mol. The quantitative estimate of drug-likeness (QED) is 0.493. The number of nitrogen functional groups attached to an aromatic ring is 1. The predicted octanol–water partition coefficient (Wildman–Crippen LogP) is 1.21. The van der Waals surface area contributed by atoms with E-state index in [-0.39, 0.29) is 23.7 Å². The zero-order chi connectivity index (χ0) is 13.9. The van der Waals surface area contributed by atoms with Crippen molar-refractivity contribution in [3.63, 3.8) is 0 Å². The molecule has 0 unspecified atom stereocenters. The Kier molecular flexibility index (Phi) is 4.25. The van der Waals surface area contributed by atoms with E-state index in [0.29, 0.717) is 0 Å². The Morgan fingerprint density at radius 3 is 2.33 bits per heavy atom. The lowest BCUT2D eigenvalue weighted by atomic mass is 10.3. The Bertz CT molecular complexity index is 552. The number of nitro groups is 1. The SMILES string of the molecule is CCN(CC)S(=O)(=O)c1cc(N)ccc1[N+](=O)[O-]. The minimum absolute atomic E-state index is 0.173. The van der Waals surface area contributed by atoms with Gasteiger partial charge in [0.05, 0.1) is 4.92 Å². The van der Waals surface area contributed by atoms with Gasteiger partial charge in [-0.1, -0.05) is 13.8 Å². The van der Waals surface area contributed by atoms with E-state index in [9.17, 15) is 18.5 Å². The van der Waals surface area contributed by atoms with Gasteiger partial charge in [0.2, 0.25) is 10.0 Å². The van der Waals surface area contributed by atoms with Gasteiger partial charge in [-0.15, -0.1) is 0 Å². The number of nitrogens with two attached hydrogens (primary N) is 1. The summed E-state index contributed by atoms with van der Waals surface area (Å²) in [4.78, 5) is 9.77. The third-order valence-corrected chi connectivity index (χ3v) is 4.58. The molecule has 0 amide bonds. The highest BCUT2D eigenvalue weighted by Crippen LogP contribution is 2.28. The molecule has 7 nitrogen and oxygen atoms in total. The summed E-state index contributed by atoms with van der Waals surface area (Å²) in [6.45, 7) is 3.81. The van der Waals surface area contributed by atoms with E-state index in [1.807, 2.05) is 0 Å². The lowest BCUT2D eigenvalue weighted by Crippen LogP contribution is -2.31. The highest BCUT2D eigenvalue weighted by Gasteiger charge is 2.30.